The third-order valence-corrected chi connectivity index (χ3v) is 4.98. The summed E-state index contributed by atoms with van der Waals surface area (Å²) in [7, 11) is 0. The summed E-state index contributed by atoms with van der Waals surface area (Å²) in [6.45, 7) is 6.15. The molecule has 7 heteroatoms. The average molecular weight is 379 g/mol. The van der Waals surface area contributed by atoms with E-state index in [1.165, 1.54) is 6.07 Å². The van der Waals surface area contributed by atoms with Crippen LogP contribution in [0.1, 0.15) is 45.0 Å². The van der Waals surface area contributed by atoms with Gasteiger partial charge in [0.25, 0.3) is 0 Å². The Balaban J connectivity index is 1.51. The van der Waals surface area contributed by atoms with Crippen LogP contribution in [0.25, 0.3) is 5.69 Å². The number of halogens is 1. The number of nitrogens with one attached hydrogen (secondary N) is 1. The van der Waals surface area contributed by atoms with E-state index in [0.717, 1.165) is 5.82 Å². The molecule has 1 aliphatic carbocycles. The molecule has 0 spiro atoms. The quantitative estimate of drug-likeness (QED) is 0.749. The van der Waals surface area contributed by atoms with Gasteiger partial charge in [-0.25, -0.2) is 19.0 Å². The predicted octanol–water partition coefficient (Wildman–Crippen LogP) is 3.77. The van der Waals surface area contributed by atoms with Gasteiger partial charge in [0.05, 0.1) is 17.8 Å². The van der Waals surface area contributed by atoms with Crippen LogP contribution in [-0.4, -0.2) is 25.7 Å². The number of hydrogen-bond donors (Lipinski definition) is 1. The fraction of sp³-hybridized carbons (Fsp3) is 0.333. The Kier molecular flexibility index (Phi) is 4.25. The second kappa shape index (κ2) is 6.51. The second-order valence-electron chi connectivity index (χ2n) is 8.18. The Hall–Kier alpha value is -3.09. The van der Waals surface area contributed by atoms with E-state index in [9.17, 15) is 9.18 Å². The number of nitrogens with zero attached hydrogens (tertiary/aromatic N) is 4. The molecular formula is C21H22FN5O. The van der Waals surface area contributed by atoms with Crippen LogP contribution in [0.3, 0.4) is 0 Å². The summed E-state index contributed by atoms with van der Waals surface area (Å²) in [6.07, 6.45) is 6.39. The van der Waals surface area contributed by atoms with Gasteiger partial charge in [0, 0.05) is 23.2 Å². The highest BCUT2D eigenvalue weighted by atomic mass is 19.1. The molecule has 6 nitrogen and oxygen atoms in total. The molecule has 144 valence electrons. The Labute approximate surface area is 162 Å². The molecule has 0 unspecified atom stereocenters. The van der Waals surface area contributed by atoms with Crippen LogP contribution >= 0.6 is 0 Å². The van der Waals surface area contributed by atoms with E-state index >= 15 is 0 Å². The lowest BCUT2D eigenvalue weighted by atomic mass is 9.94. The van der Waals surface area contributed by atoms with Crippen molar-refractivity contribution in [1.82, 2.24) is 19.7 Å². The molecule has 2 heterocycles. The molecule has 1 saturated carbocycles. The second-order valence-corrected chi connectivity index (χ2v) is 8.18. The highest BCUT2D eigenvalue weighted by molar-refractivity contribution is 6.00. The maximum atomic E-state index is 14.2. The van der Waals surface area contributed by atoms with Gasteiger partial charge in [0.2, 0.25) is 5.91 Å². The minimum Gasteiger partial charge on any atom is -0.308 e. The van der Waals surface area contributed by atoms with Crippen molar-refractivity contribution in [2.24, 2.45) is 0 Å². The maximum absolute atomic E-state index is 14.2. The predicted molar refractivity (Wildman–Crippen MR) is 104 cm³/mol. The molecule has 0 radical (unpaired) electrons. The minimum atomic E-state index is -0.799. The number of anilines is 1. The number of rotatable bonds is 4. The van der Waals surface area contributed by atoms with Crippen molar-refractivity contribution in [1.29, 1.82) is 0 Å². The molecule has 0 saturated heterocycles. The number of aromatic nitrogens is 4. The number of benzene rings is 1. The molecular weight excluding hydrogens is 357 g/mol. The summed E-state index contributed by atoms with van der Waals surface area (Å²) in [4.78, 5) is 21.6. The maximum Gasteiger partial charge on any atom is 0.236 e. The minimum absolute atomic E-state index is 0.132. The van der Waals surface area contributed by atoms with Gasteiger partial charge in [-0.15, -0.1) is 5.10 Å². The SMILES string of the molecule is CC(C)(C)c1ncc(-n2ccc(NC(=O)C3(c4ccccc4F)CC3)n2)cn1. The number of hydrogen-bond acceptors (Lipinski definition) is 4. The van der Waals surface area contributed by atoms with Crippen LogP contribution in [0.2, 0.25) is 0 Å². The first-order valence-corrected chi connectivity index (χ1v) is 9.25. The number of carbonyl (C=O) groups is 1. The zero-order valence-electron chi connectivity index (χ0n) is 16.1. The van der Waals surface area contributed by atoms with Gasteiger partial charge in [-0.05, 0) is 18.9 Å². The molecule has 1 N–H and O–H groups in total. The molecule has 3 aromatic rings. The summed E-state index contributed by atoms with van der Waals surface area (Å²) in [5.74, 6) is 0.573. The first kappa shape index (κ1) is 18.3. The van der Waals surface area contributed by atoms with Gasteiger partial charge in [0.15, 0.2) is 5.82 Å². The smallest absolute Gasteiger partial charge is 0.236 e. The molecule has 0 atom stereocenters. The van der Waals surface area contributed by atoms with Crippen LogP contribution < -0.4 is 5.32 Å². The van der Waals surface area contributed by atoms with Gasteiger partial charge in [-0.2, -0.15) is 0 Å². The summed E-state index contributed by atoms with van der Waals surface area (Å²) in [5, 5.41) is 7.20. The molecule has 0 aliphatic heterocycles. The Morgan fingerprint density at radius 3 is 2.43 bits per heavy atom. The van der Waals surface area contributed by atoms with Gasteiger partial charge < -0.3 is 5.32 Å². The third-order valence-electron chi connectivity index (χ3n) is 4.98. The third kappa shape index (κ3) is 3.28. The summed E-state index contributed by atoms with van der Waals surface area (Å²) < 4.78 is 15.8. The van der Waals surface area contributed by atoms with Gasteiger partial charge >= 0.3 is 0 Å². The molecule has 4 rings (SSSR count). The van der Waals surface area contributed by atoms with Crippen molar-refractivity contribution in [3.63, 3.8) is 0 Å². The molecule has 1 aromatic carbocycles. The van der Waals surface area contributed by atoms with Crippen molar-refractivity contribution in [3.8, 4) is 5.69 Å². The van der Waals surface area contributed by atoms with E-state index in [4.69, 9.17) is 0 Å². The number of amides is 1. The van der Waals surface area contributed by atoms with Crippen molar-refractivity contribution in [3.05, 3.63) is 66.1 Å². The van der Waals surface area contributed by atoms with Crippen molar-refractivity contribution < 1.29 is 9.18 Å². The Morgan fingerprint density at radius 1 is 1.14 bits per heavy atom. The number of carbonyl (C=O) groups excluding carboxylic acids is 1. The van der Waals surface area contributed by atoms with E-state index in [0.29, 0.717) is 29.9 Å². The van der Waals surface area contributed by atoms with E-state index in [1.807, 2.05) is 20.8 Å². The largest absolute Gasteiger partial charge is 0.308 e. The van der Waals surface area contributed by atoms with Crippen LogP contribution in [0.15, 0.2) is 48.9 Å². The zero-order chi connectivity index (χ0) is 19.9. The zero-order valence-corrected chi connectivity index (χ0v) is 16.1. The van der Waals surface area contributed by atoms with Crippen LogP contribution in [-0.2, 0) is 15.6 Å². The summed E-state index contributed by atoms with van der Waals surface area (Å²) in [5.41, 5.74) is 0.210. The molecule has 28 heavy (non-hydrogen) atoms. The van der Waals surface area contributed by atoms with Gasteiger partial charge in [-0.3, -0.25) is 4.79 Å². The van der Waals surface area contributed by atoms with Gasteiger partial charge in [-0.1, -0.05) is 39.0 Å². The standard InChI is InChI=1S/C21H22FN5O/c1-20(2,3)18-23-12-14(13-24-18)27-11-8-17(26-27)25-19(28)21(9-10-21)15-6-4-5-7-16(15)22/h4-8,11-13H,9-10H2,1-3H3,(H,25,26,28). The van der Waals surface area contributed by atoms with Gasteiger partial charge in [0.1, 0.15) is 17.3 Å². The van der Waals surface area contributed by atoms with Crippen molar-refractivity contribution in [2.75, 3.05) is 5.32 Å². The lowest BCUT2D eigenvalue weighted by Gasteiger charge is -2.16. The summed E-state index contributed by atoms with van der Waals surface area (Å²) >= 11 is 0. The van der Waals surface area contributed by atoms with E-state index in [1.54, 1.807) is 47.5 Å². The van der Waals surface area contributed by atoms with Crippen LogP contribution in [0.5, 0.6) is 0 Å². The van der Waals surface area contributed by atoms with Crippen molar-refractivity contribution in [2.45, 2.75) is 44.4 Å². The van der Waals surface area contributed by atoms with Crippen molar-refractivity contribution >= 4 is 11.7 Å². The molecule has 1 amide bonds. The van der Waals surface area contributed by atoms with E-state index in [-0.39, 0.29) is 17.1 Å². The van der Waals surface area contributed by atoms with E-state index in [2.05, 4.69) is 20.4 Å². The molecule has 1 aliphatic rings. The Bertz CT molecular complexity index is 1020. The highest BCUT2D eigenvalue weighted by Gasteiger charge is 2.52. The highest BCUT2D eigenvalue weighted by Crippen LogP contribution is 2.49. The molecule has 0 bridgehead atoms. The summed E-state index contributed by atoms with van der Waals surface area (Å²) in [6, 6.07) is 8.14. The van der Waals surface area contributed by atoms with Crippen LogP contribution in [0.4, 0.5) is 10.2 Å². The van der Waals surface area contributed by atoms with Crippen LogP contribution in [0, 0.1) is 5.82 Å². The van der Waals surface area contributed by atoms with E-state index < -0.39 is 5.41 Å². The average Bonchev–Trinajstić information content (AvgIpc) is 3.34. The fourth-order valence-corrected chi connectivity index (χ4v) is 3.19. The normalized spacial score (nSPS) is 15.3. The molecule has 2 aromatic heterocycles. The topological polar surface area (TPSA) is 72.7 Å². The lowest BCUT2D eigenvalue weighted by molar-refractivity contribution is -0.118. The lowest BCUT2D eigenvalue weighted by Crippen LogP contribution is -2.29. The fourth-order valence-electron chi connectivity index (χ4n) is 3.19. The first-order chi connectivity index (χ1) is 13.3. The first-order valence-electron chi connectivity index (χ1n) is 9.25. The Morgan fingerprint density at radius 2 is 1.82 bits per heavy atom. The molecule has 1 fully saturated rings. The monoisotopic (exact) mass is 379 g/mol.